The van der Waals surface area contributed by atoms with E-state index >= 15 is 0 Å². The van der Waals surface area contributed by atoms with E-state index in [0.29, 0.717) is 6.42 Å². The lowest BCUT2D eigenvalue weighted by molar-refractivity contribution is 0.00263. The minimum absolute atomic E-state index is 0.184. The van der Waals surface area contributed by atoms with Crippen LogP contribution in [0.4, 0.5) is 13.2 Å². The largest absolute Gasteiger partial charge is 0.352 e. The summed E-state index contributed by atoms with van der Waals surface area (Å²) < 4.78 is 35.4. The first-order valence-electron chi connectivity index (χ1n) is 2.69. The molecular formula is C5H8ClF3. The first kappa shape index (κ1) is 9.08. The van der Waals surface area contributed by atoms with E-state index in [1.807, 2.05) is 0 Å². The average Bonchev–Trinajstić information content (AvgIpc) is 1.64. The lowest BCUT2D eigenvalue weighted by atomic mass is 10.2. The molecule has 0 nitrogen and oxygen atoms in total. The van der Waals surface area contributed by atoms with E-state index in [9.17, 15) is 13.2 Å². The van der Waals surface area contributed by atoms with Crippen molar-refractivity contribution in [1.82, 2.24) is 0 Å². The van der Waals surface area contributed by atoms with Gasteiger partial charge in [0.2, 0.25) is 0 Å². The lowest BCUT2D eigenvalue weighted by Gasteiger charge is -2.11. The number of halogens is 4. The monoisotopic (exact) mass is 160 g/mol. The number of rotatable bonds is 3. The summed E-state index contributed by atoms with van der Waals surface area (Å²) in [7, 11) is 0. The van der Waals surface area contributed by atoms with Crippen molar-refractivity contribution in [2.75, 3.05) is 0 Å². The third kappa shape index (κ3) is 3.62. The van der Waals surface area contributed by atoms with Crippen LogP contribution in [-0.2, 0) is 0 Å². The Kier molecular flexibility index (Phi) is 3.33. The topological polar surface area (TPSA) is 0 Å². The molecular weight excluding hydrogens is 153 g/mol. The molecule has 1 unspecified atom stereocenters. The van der Waals surface area contributed by atoms with Gasteiger partial charge in [-0.15, -0.1) is 0 Å². The zero-order chi connectivity index (χ0) is 7.49. The van der Waals surface area contributed by atoms with Crippen molar-refractivity contribution >= 4 is 11.6 Å². The van der Waals surface area contributed by atoms with E-state index in [1.54, 1.807) is 6.92 Å². The van der Waals surface area contributed by atoms with Gasteiger partial charge in [-0.25, -0.2) is 4.39 Å². The molecule has 0 aromatic rings. The fourth-order valence-electron chi connectivity index (χ4n) is 0.417. The summed E-state index contributed by atoms with van der Waals surface area (Å²) in [6.07, 6.45) is -2.01. The highest BCUT2D eigenvalue weighted by Gasteiger charge is 2.36. The van der Waals surface area contributed by atoms with Crippen molar-refractivity contribution in [3.05, 3.63) is 0 Å². The minimum Gasteiger partial charge on any atom is -0.239 e. The van der Waals surface area contributed by atoms with Crippen LogP contribution in [-0.4, -0.2) is 11.6 Å². The van der Waals surface area contributed by atoms with Crippen molar-refractivity contribution in [3.63, 3.8) is 0 Å². The average molecular weight is 161 g/mol. The van der Waals surface area contributed by atoms with Gasteiger partial charge in [-0.3, -0.25) is 0 Å². The second-order valence-corrected chi connectivity index (χ2v) is 2.30. The van der Waals surface area contributed by atoms with Crippen LogP contribution in [0.5, 0.6) is 0 Å². The Hall–Kier alpha value is 0.0800. The molecule has 0 aromatic heterocycles. The summed E-state index contributed by atoms with van der Waals surface area (Å²) in [5.41, 5.74) is 0. The second-order valence-electron chi connectivity index (χ2n) is 1.80. The fourth-order valence-corrected chi connectivity index (χ4v) is 0.526. The van der Waals surface area contributed by atoms with Crippen LogP contribution in [0.3, 0.4) is 0 Å². The van der Waals surface area contributed by atoms with Gasteiger partial charge in [0.05, 0.1) is 0 Å². The Balaban J connectivity index is 3.59. The van der Waals surface area contributed by atoms with E-state index in [0.717, 1.165) is 0 Å². The highest BCUT2D eigenvalue weighted by Crippen LogP contribution is 2.28. The predicted octanol–water partition coefficient (Wildman–Crippen LogP) is 2.96. The van der Waals surface area contributed by atoms with Crippen LogP contribution in [0, 0.1) is 0 Å². The Morgan fingerprint density at radius 3 is 2.11 bits per heavy atom. The molecule has 0 aliphatic carbocycles. The van der Waals surface area contributed by atoms with Crippen molar-refractivity contribution in [3.8, 4) is 0 Å². The Morgan fingerprint density at radius 1 is 1.56 bits per heavy atom. The number of hydrogen-bond donors (Lipinski definition) is 0. The lowest BCUT2D eigenvalue weighted by Crippen LogP contribution is -2.22. The maximum atomic E-state index is 12.0. The van der Waals surface area contributed by atoms with Crippen molar-refractivity contribution in [2.24, 2.45) is 0 Å². The smallest absolute Gasteiger partial charge is 0.239 e. The van der Waals surface area contributed by atoms with E-state index in [1.165, 1.54) is 0 Å². The number of hydrogen-bond acceptors (Lipinski definition) is 0. The molecule has 4 heteroatoms. The molecule has 0 aliphatic heterocycles. The summed E-state index contributed by atoms with van der Waals surface area (Å²) in [5.74, 6) is 0. The summed E-state index contributed by atoms with van der Waals surface area (Å²) in [4.78, 5) is 0. The Morgan fingerprint density at radius 2 is 2.00 bits per heavy atom. The normalized spacial score (nSPS) is 15.7. The molecule has 0 rings (SSSR count). The van der Waals surface area contributed by atoms with Crippen LogP contribution in [0.25, 0.3) is 0 Å². The second kappa shape index (κ2) is 3.30. The summed E-state index contributed by atoms with van der Waals surface area (Å²) in [5, 5.41) is -3.68. The fraction of sp³-hybridized carbons (Fsp3) is 1.00. The number of alkyl halides is 4. The molecule has 9 heavy (non-hydrogen) atoms. The molecule has 0 aromatic carbocycles. The molecule has 0 saturated carbocycles. The van der Waals surface area contributed by atoms with Crippen molar-refractivity contribution in [2.45, 2.75) is 31.3 Å². The molecule has 1 atom stereocenters. The van der Waals surface area contributed by atoms with Gasteiger partial charge in [0.1, 0.15) is 0 Å². The maximum absolute atomic E-state index is 12.0. The Bertz CT molecular complexity index is 78.8. The van der Waals surface area contributed by atoms with Crippen molar-refractivity contribution < 1.29 is 13.2 Å². The highest BCUT2D eigenvalue weighted by molar-refractivity contribution is 6.22. The molecule has 0 aliphatic rings. The van der Waals surface area contributed by atoms with Gasteiger partial charge in [0.25, 0.3) is 0 Å². The van der Waals surface area contributed by atoms with Crippen LogP contribution in [0.15, 0.2) is 0 Å². The minimum atomic E-state index is -3.68. The molecule has 56 valence electrons. The van der Waals surface area contributed by atoms with Crippen LogP contribution in [0.1, 0.15) is 19.8 Å². The van der Waals surface area contributed by atoms with Gasteiger partial charge < -0.3 is 0 Å². The van der Waals surface area contributed by atoms with Crippen molar-refractivity contribution in [1.29, 1.82) is 0 Å². The molecule has 0 N–H and O–H groups in total. The van der Waals surface area contributed by atoms with E-state index in [4.69, 9.17) is 0 Å². The van der Waals surface area contributed by atoms with Gasteiger partial charge in [-0.05, 0) is 18.0 Å². The standard InChI is InChI=1S/C5H8ClF3/c1-2-3-4(7)5(6,8)9/h4H,2-3H2,1H3. The van der Waals surface area contributed by atoms with Crippen LogP contribution < -0.4 is 0 Å². The van der Waals surface area contributed by atoms with Gasteiger partial charge >= 0.3 is 5.38 Å². The summed E-state index contributed by atoms with van der Waals surface area (Å²) in [6, 6.07) is 0. The van der Waals surface area contributed by atoms with Gasteiger partial charge in [-0.1, -0.05) is 13.3 Å². The van der Waals surface area contributed by atoms with Crippen LogP contribution >= 0.6 is 11.6 Å². The summed E-state index contributed by atoms with van der Waals surface area (Å²) in [6.45, 7) is 1.62. The first-order valence-corrected chi connectivity index (χ1v) is 3.07. The molecule has 0 fully saturated rings. The SMILES string of the molecule is CCCC(F)C(F)(F)Cl. The molecule has 0 bridgehead atoms. The summed E-state index contributed by atoms with van der Waals surface area (Å²) >= 11 is 4.35. The van der Waals surface area contributed by atoms with Gasteiger partial charge in [0.15, 0.2) is 6.17 Å². The maximum Gasteiger partial charge on any atom is 0.352 e. The Labute approximate surface area is 57.0 Å². The van der Waals surface area contributed by atoms with E-state index < -0.39 is 11.6 Å². The zero-order valence-corrected chi connectivity index (χ0v) is 5.76. The van der Waals surface area contributed by atoms with E-state index in [2.05, 4.69) is 11.6 Å². The highest BCUT2D eigenvalue weighted by atomic mass is 35.5. The molecule has 0 saturated heterocycles. The molecule has 0 radical (unpaired) electrons. The molecule has 0 heterocycles. The third-order valence-electron chi connectivity index (χ3n) is 0.897. The quantitative estimate of drug-likeness (QED) is 0.557. The molecule has 0 amide bonds. The van der Waals surface area contributed by atoms with Crippen LogP contribution in [0.2, 0.25) is 0 Å². The zero-order valence-electron chi connectivity index (χ0n) is 5.00. The van der Waals surface area contributed by atoms with Gasteiger partial charge in [0, 0.05) is 0 Å². The third-order valence-corrected chi connectivity index (χ3v) is 1.13. The van der Waals surface area contributed by atoms with Gasteiger partial charge in [-0.2, -0.15) is 8.78 Å². The molecule has 0 spiro atoms. The van der Waals surface area contributed by atoms with E-state index in [-0.39, 0.29) is 6.42 Å². The first-order chi connectivity index (χ1) is 3.98. The predicted molar refractivity (Wildman–Crippen MR) is 30.6 cm³/mol.